The number of carbonyl (C=O) groups excluding carboxylic acids is 3. The maximum Gasteiger partial charge on any atom is 0.344 e. The van der Waals surface area contributed by atoms with Crippen LogP contribution < -0.4 is 10.1 Å². The first-order valence-electron chi connectivity index (χ1n) is 10.2. The SMILES string of the molecule is CC(=O)NCc1ccc(C(=O)COC(=O)COc2ccc3oc4c(c3c2)CCCC4)s1. The number of hydrogen-bond acceptors (Lipinski definition) is 7. The zero-order chi connectivity index (χ0) is 21.8. The third kappa shape index (κ3) is 5.14. The number of thiophene rings is 1. The molecule has 0 atom stereocenters. The first kappa shape index (κ1) is 21.1. The molecule has 2 aromatic heterocycles. The zero-order valence-electron chi connectivity index (χ0n) is 17.2. The largest absolute Gasteiger partial charge is 0.482 e. The van der Waals surface area contributed by atoms with Crippen molar-refractivity contribution >= 4 is 40.0 Å². The van der Waals surface area contributed by atoms with Gasteiger partial charge in [-0.1, -0.05) is 0 Å². The lowest BCUT2D eigenvalue weighted by molar-refractivity contribution is -0.144. The zero-order valence-corrected chi connectivity index (χ0v) is 18.0. The monoisotopic (exact) mass is 441 g/mol. The Morgan fingerprint density at radius 3 is 2.77 bits per heavy atom. The molecule has 0 saturated carbocycles. The highest BCUT2D eigenvalue weighted by Crippen LogP contribution is 2.33. The first-order chi connectivity index (χ1) is 15.0. The van der Waals surface area contributed by atoms with Crippen LogP contribution in [0.2, 0.25) is 0 Å². The number of ether oxygens (including phenoxy) is 2. The number of fused-ring (bicyclic) bond motifs is 3. The molecule has 0 radical (unpaired) electrons. The Morgan fingerprint density at radius 2 is 1.94 bits per heavy atom. The van der Waals surface area contributed by atoms with Gasteiger partial charge >= 0.3 is 5.97 Å². The van der Waals surface area contributed by atoms with E-state index in [9.17, 15) is 14.4 Å². The van der Waals surface area contributed by atoms with Gasteiger partial charge in [0.15, 0.2) is 13.2 Å². The van der Waals surface area contributed by atoms with E-state index in [2.05, 4.69) is 5.32 Å². The minimum Gasteiger partial charge on any atom is -0.482 e. The van der Waals surface area contributed by atoms with Crippen LogP contribution in [0.15, 0.2) is 34.7 Å². The molecule has 162 valence electrons. The van der Waals surface area contributed by atoms with Gasteiger partial charge in [-0.2, -0.15) is 0 Å². The Morgan fingerprint density at radius 1 is 1.10 bits per heavy atom. The molecule has 0 saturated heterocycles. The molecule has 1 aromatic carbocycles. The van der Waals surface area contributed by atoms with Crippen molar-refractivity contribution < 1.29 is 28.3 Å². The van der Waals surface area contributed by atoms with Crippen molar-refractivity contribution in [3.63, 3.8) is 0 Å². The lowest BCUT2D eigenvalue weighted by atomic mass is 9.96. The van der Waals surface area contributed by atoms with Crippen LogP contribution >= 0.6 is 11.3 Å². The second-order valence-corrected chi connectivity index (χ2v) is 8.59. The molecule has 0 spiro atoms. The van der Waals surface area contributed by atoms with E-state index in [4.69, 9.17) is 13.9 Å². The number of ketones is 1. The normalized spacial score (nSPS) is 12.9. The lowest BCUT2D eigenvalue weighted by Gasteiger charge is -2.09. The average Bonchev–Trinajstić information content (AvgIpc) is 3.39. The van der Waals surface area contributed by atoms with E-state index in [1.807, 2.05) is 12.1 Å². The van der Waals surface area contributed by atoms with Crippen LogP contribution in [0, 0.1) is 0 Å². The third-order valence-electron chi connectivity index (χ3n) is 5.10. The first-order valence-corrected chi connectivity index (χ1v) is 11.0. The number of esters is 1. The third-order valence-corrected chi connectivity index (χ3v) is 6.22. The van der Waals surface area contributed by atoms with Crippen molar-refractivity contribution in [2.75, 3.05) is 13.2 Å². The van der Waals surface area contributed by atoms with Gasteiger partial charge in [-0.25, -0.2) is 4.79 Å². The van der Waals surface area contributed by atoms with E-state index in [-0.39, 0.29) is 24.9 Å². The van der Waals surface area contributed by atoms with Crippen molar-refractivity contribution in [1.29, 1.82) is 0 Å². The summed E-state index contributed by atoms with van der Waals surface area (Å²) in [5, 5.41) is 3.71. The maximum absolute atomic E-state index is 12.2. The Bertz CT molecular complexity index is 1130. The number of rotatable bonds is 8. The number of amides is 1. The summed E-state index contributed by atoms with van der Waals surface area (Å²) in [6, 6.07) is 8.94. The van der Waals surface area contributed by atoms with Crippen LogP contribution in [0.1, 0.15) is 45.6 Å². The molecule has 4 rings (SSSR count). The number of benzene rings is 1. The van der Waals surface area contributed by atoms with E-state index in [0.717, 1.165) is 47.3 Å². The summed E-state index contributed by atoms with van der Waals surface area (Å²) in [6.07, 6.45) is 4.24. The van der Waals surface area contributed by atoms with Gasteiger partial charge in [0, 0.05) is 29.2 Å². The number of hydrogen-bond donors (Lipinski definition) is 1. The average molecular weight is 442 g/mol. The second kappa shape index (κ2) is 9.34. The Balaban J connectivity index is 1.27. The number of aryl methyl sites for hydroxylation is 2. The molecule has 0 aliphatic heterocycles. The molecule has 1 aliphatic carbocycles. The van der Waals surface area contributed by atoms with Gasteiger partial charge in [0.2, 0.25) is 11.7 Å². The van der Waals surface area contributed by atoms with Crippen molar-refractivity contribution in [3.05, 3.63) is 51.4 Å². The van der Waals surface area contributed by atoms with E-state index >= 15 is 0 Å². The highest BCUT2D eigenvalue weighted by atomic mass is 32.1. The summed E-state index contributed by atoms with van der Waals surface area (Å²) in [4.78, 5) is 36.5. The molecule has 0 unspecified atom stereocenters. The van der Waals surface area contributed by atoms with Gasteiger partial charge in [-0.3, -0.25) is 9.59 Å². The van der Waals surface area contributed by atoms with Gasteiger partial charge in [-0.05, 0) is 49.6 Å². The molecule has 2 heterocycles. The van der Waals surface area contributed by atoms with Crippen molar-refractivity contribution in [1.82, 2.24) is 5.32 Å². The molecule has 31 heavy (non-hydrogen) atoms. The minimum absolute atomic E-state index is 0.137. The quantitative estimate of drug-likeness (QED) is 0.422. The summed E-state index contributed by atoms with van der Waals surface area (Å²) in [6.45, 7) is 1.17. The van der Waals surface area contributed by atoms with Crippen molar-refractivity contribution in [2.24, 2.45) is 0 Å². The van der Waals surface area contributed by atoms with Crippen LogP contribution in [0.25, 0.3) is 11.0 Å². The van der Waals surface area contributed by atoms with Crippen LogP contribution in [-0.2, 0) is 33.7 Å². The smallest absolute Gasteiger partial charge is 0.344 e. The van der Waals surface area contributed by atoms with Gasteiger partial charge in [0.25, 0.3) is 0 Å². The predicted octanol–water partition coefficient (Wildman–Crippen LogP) is 3.81. The number of furan rings is 1. The fraction of sp³-hybridized carbons (Fsp3) is 0.348. The number of Topliss-reactive ketones (excluding diaryl/α,β-unsaturated/α-hetero) is 1. The maximum atomic E-state index is 12.2. The van der Waals surface area contributed by atoms with Crippen molar-refractivity contribution in [2.45, 2.75) is 39.2 Å². The molecule has 0 bridgehead atoms. The fourth-order valence-corrected chi connectivity index (χ4v) is 4.44. The number of nitrogens with one attached hydrogen (secondary N) is 1. The van der Waals surface area contributed by atoms with Gasteiger partial charge in [0.1, 0.15) is 17.1 Å². The van der Waals surface area contributed by atoms with Gasteiger partial charge < -0.3 is 19.2 Å². The summed E-state index contributed by atoms with van der Waals surface area (Å²) in [5.74, 6) is 0.564. The summed E-state index contributed by atoms with van der Waals surface area (Å²) in [5.41, 5.74) is 2.06. The van der Waals surface area contributed by atoms with E-state index < -0.39 is 5.97 Å². The van der Waals surface area contributed by atoms with E-state index in [1.54, 1.807) is 18.2 Å². The molecular weight excluding hydrogens is 418 g/mol. The van der Waals surface area contributed by atoms with Crippen LogP contribution in [-0.4, -0.2) is 30.9 Å². The Hall–Kier alpha value is -3.13. The highest BCUT2D eigenvalue weighted by molar-refractivity contribution is 7.14. The minimum atomic E-state index is -0.613. The van der Waals surface area contributed by atoms with Crippen LogP contribution in [0.3, 0.4) is 0 Å². The molecular formula is C23H23NO6S. The molecule has 1 amide bonds. The van der Waals surface area contributed by atoms with Crippen LogP contribution in [0.4, 0.5) is 0 Å². The fourth-order valence-electron chi connectivity index (χ4n) is 3.57. The van der Waals surface area contributed by atoms with Crippen LogP contribution in [0.5, 0.6) is 5.75 Å². The summed E-state index contributed by atoms with van der Waals surface area (Å²) in [7, 11) is 0. The predicted molar refractivity (Wildman–Crippen MR) is 115 cm³/mol. The molecule has 1 aliphatic rings. The van der Waals surface area contributed by atoms with E-state index in [1.165, 1.54) is 23.8 Å². The van der Waals surface area contributed by atoms with Crippen molar-refractivity contribution in [3.8, 4) is 5.75 Å². The van der Waals surface area contributed by atoms with Gasteiger partial charge in [-0.15, -0.1) is 11.3 Å². The standard InChI is InChI=1S/C23H23NO6S/c1-14(25)24-11-16-7-9-22(31-16)19(26)12-29-23(27)13-28-15-6-8-21-18(10-15)17-4-2-3-5-20(17)30-21/h6-10H,2-5,11-13H2,1H3,(H,24,25). The number of carbonyl (C=O) groups is 3. The molecule has 3 aromatic rings. The molecule has 0 fully saturated rings. The Kier molecular flexibility index (Phi) is 6.36. The molecule has 7 nitrogen and oxygen atoms in total. The Labute approximate surface area is 183 Å². The van der Waals surface area contributed by atoms with E-state index in [0.29, 0.717) is 17.2 Å². The summed E-state index contributed by atoms with van der Waals surface area (Å²) < 4.78 is 16.5. The summed E-state index contributed by atoms with van der Waals surface area (Å²) >= 11 is 1.26. The topological polar surface area (TPSA) is 94.8 Å². The highest BCUT2D eigenvalue weighted by Gasteiger charge is 2.18. The molecule has 1 N–H and O–H groups in total. The lowest BCUT2D eigenvalue weighted by Crippen LogP contribution is -2.19. The molecule has 8 heteroatoms. The second-order valence-electron chi connectivity index (χ2n) is 7.42. The van der Waals surface area contributed by atoms with Gasteiger partial charge in [0.05, 0.1) is 11.4 Å².